The molecule has 0 N–H and O–H groups in total. The lowest BCUT2D eigenvalue weighted by Gasteiger charge is -2.03. The van der Waals surface area contributed by atoms with Gasteiger partial charge in [-0.3, -0.25) is 4.79 Å². The molecule has 0 saturated heterocycles. The Morgan fingerprint density at radius 2 is 2.00 bits per heavy atom. The fourth-order valence-electron chi connectivity index (χ4n) is 1.64. The topological polar surface area (TPSA) is 30.2 Å². The summed E-state index contributed by atoms with van der Waals surface area (Å²) in [5.74, 6) is 0.300. The fraction of sp³-hybridized carbons (Fsp3) is 0.167. The number of nitrogens with zero attached hydrogens (tertiary/aromatic N) is 1. The Kier molecular flexibility index (Phi) is 2.37. The number of fused-ring (bicyclic) bond motifs is 1. The highest BCUT2D eigenvalue weighted by Crippen LogP contribution is 2.21. The normalized spacial score (nSPS) is 10.3. The van der Waals surface area contributed by atoms with E-state index in [-0.39, 0.29) is 5.97 Å². The van der Waals surface area contributed by atoms with E-state index in [2.05, 4.69) is 0 Å². The van der Waals surface area contributed by atoms with Crippen LogP contribution in [0.2, 0.25) is 0 Å². The number of carbonyl (C=O) groups is 1. The fourth-order valence-corrected chi connectivity index (χ4v) is 1.64. The molecular weight excluding hydrogens is 190 g/mol. The van der Waals surface area contributed by atoms with E-state index in [1.165, 1.54) is 6.92 Å². The van der Waals surface area contributed by atoms with Crippen molar-refractivity contribution in [3.8, 4) is 5.75 Å². The van der Waals surface area contributed by atoms with Gasteiger partial charge in [0.25, 0.3) is 5.52 Å². The molecule has 15 heavy (non-hydrogen) atoms. The predicted molar refractivity (Wildman–Crippen MR) is 56.4 cm³/mol. The van der Waals surface area contributed by atoms with E-state index >= 15 is 0 Å². The minimum atomic E-state index is -0.300. The molecule has 0 bridgehead atoms. The van der Waals surface area contributed by atoms with E-state index in [0.717, 1.165) is 10.9 Å². The maximum atomic E-state index is 10.9. The number of para-hydroxylation sites is 1. The van der Waals surface area contributed by atoms with Gasteiger partial charge in [-0.2, -0.15) is 4.57 Å². The van der Waals surface area contributed by atoms with E-state index < -0.39 is 0 Å². The van der Waals surface area contributed by atoms with Gasteiger partial charge in [0.15, 0.2) is 6.20 Å². The molecule has 0 aliphatic carbocycles. The maximum absolute atomic E-state index is 10.9. The summed E-state index contributed by atoms with van der Waals surface area (Å²) in [6.07, 6.45) is 1.93. The molecule has 1 aromatic carbocycles. The number of aromatic nitrogens is 1. The van der Waals surface area contributed by atoms with Crippen LogP contribution in [0.4, 0.5) is 0 Å². The maximum Gasteiger partial charge on any atom is 0.308 e. The van der Waals surface area contributed by atoms with Gasteiger partial charge in [-0.1, -0.05) is 6.07 Å². The van der Waals surface area contributed by atoms with Crippen LogP contribution in [-0.4, -0.2) is 5.97 Å². The molecule has 2 rings (SSSR count). The Labute approximate surface area is 87.9 Å². The largest absolute Gasteiger partial charge is 0.420 e. The third kappa shape index (κ3) is 1.81. The third-order valence-corrected chi connectivity index (χ3v) is 2.22. The number of rotatable bonds is 1. The van der Waals surface area contributed by atoms with E-state index in [9.17, 15) is 4.79 Å². The van der Waals surface area contributed by atoms with Crippen LogP contribution in [0.1, 0.15) is 6.92 Å². The molecule has 0 radical (unpaired) electrons. The van der Waals surface area contributed by atoms with Crippen LogP contribution in [0.15, 0.2) is 36.5 Å². The van der Waals surface area contributed by atoms with Gasteiger partial charge in [-0.05, 0) is 18.2 Å². The Bertz CT molecular complexity index is 515. The van der Waals surface area contributed by atoms with Gasteiger partial charge in [0.1, 0.15) is 7.05 Å². The number of ether oxygens (including phenoxy) is 1. The lowest BCUT2D eigenvalue weighted by Crippen LogP contribution is -2.28. The first-order chi connectivity index (χ1) is 7.18. The summed E-state index contributed by atoms with van der Waals surface area (Å²) in [5.41, 5.74) is 0.926. The summed E-state index contributed by atoms with van der Waals surface area (Å²) in [5, 5.41) is 1.05. The van der Waals surface area contributed by atoms with E-state index in [1.807, 2.05) is 42.1 Å². The minimum Gasteiger partial charge on any atom is -0.420 e. The Morgan fingerprint density at radius 1 is 1.27 bits per heavy atom. The average molecular weight is 202 g/mol. The van der Waals surface area contributed by atoms with Crippen molar-refractivity contribution < 1.29 is 14.1 Å². The molecule has 0 fully saturated rings. The van der Waals surface area contributed by atoms with Crippen LogP contribution in [0, 0.1) is 0 Å². The number of hydrogen-bond acceptors (Lipinski definition) is 2. The second-order valence-corrected chi connectivity index (χ2v) is 3.41. The molecule has 0 spiro atoms. The summed E-state index contributed by atoms with van der Waals surface area (Å²) in [7, 11) is 1.93. The van der Waals surface area contributed by atoms with Crippen molar-refractivity contribution in [2.24, 2.45) is 7.05 Å². The van der Waals surface area contributed by atoms with Crippen molar-refractivity contribution in [1.29, 1.82) is 0 Å². The molecule has 2 aromatic rings. The number of benzene rings is 1. The van der Waals surface area contributed by atoms with E-state index in [0.29, 0.717) is 5.75 Å². The second kappa shape index (κ2) is 3.69. The highest BCUT2D eigenvalue weighted by atomic mass is 16.5. The van der Waals surface area contributed by atoms with Crippen LogP contribution in [0.5, 0.6) is 5.75 Å². The van der Waals surface area contributed by atoms with Crippen molar-refractivity contribution >= 4 is 16.9 Å². The van der Waals surface area contributed by atoms with Gasteiger partial charge in [0.05, 0.1) is 5.39 Å². The number of esters is 1. The zero-order valence-corrected chi connectivity index (χ0v) is 8.73. The van der Waals surface area contributed by atoms with Gasteiger partial charge in [0.2, 0.25) is 5.75 Å². The molecule has 3 heteroatoms. The van der Waals surface area contributed by atoms with Gasteiger partial charge in [-0.15, -0.1) is 0 Å². The highest BCUT2D eigenvalue weighted by Gasteiger charge is 2.12. The van der Waals surface area contributed by atoms with Gasteiger partial charge in [-0.25, -0.2) is 0 Å². The molecule has 1 aromatic heterocycles. The number of hydrogen-bond donors (Lipinski definition) is 0. The molecule has 3 nitrogen and oxygen atoms in total. The summed E-state index contributed by atoms with van der Waals surface area (Å²) in [6, 6.07) is 9.61. The van der Waals surface area contributed by atoms with Crippen molar-refractivity contribution in [3.05, 3.63) is 36.5 Å². The first-order valence-corrected chi connectivity index (χ1v) is 4.74. The summed E-state index contributed by atoms with van der Waals surface area (Å²) in [6.45, 7) is 1.40. The summed E-state index contributed by atoms with van der Waals surface area (Å²) >= 11 is 0. The van der Waals surface area contributed by atoms with Crippen LogP contribution < -0.4 is 9.30 Å². The van der Waals surface area contributed by atoms with Crippen molar-refractivity contribution in [2.75, 3.05) is 0 Å². The molecule has 0 saturated carbocycles. The monoisotopic (exact) mass is 202 g/mol. The molecule has 0 atom stereocenters. The average Bonchev–Trinajstić information content (AvgIpc) is 2.17. The van der Waals surface area contributed by atoms with Crippen LogP contribution in [0.3, 0.4) is 0 Å². The first kappa shape index (κ1) is 9.65. The van der Waals surface area contributed by atoms with Crippen molar-refractivity contribution in [1.82, 2.24) is 0 Å². The predicted octanol–water partition coefficient (Wildman–Crippen LogP) is 1.59. The third-order valence-electron chi connectivity index (χ3n) is 2.22. The SMILES string of the molecule is CC(=O)Oc1cccc2ccc[n+](C)c12. The van der Waals surface area contributed by atoms with Gasteiger partial charge >= 0.3 is 5.97 Å². The van der Waals surface area contributed by atoms with Crippen LogP contribution in [0.25, 0.3) is 10.9 Å². The molecule has 0 amide bonds. The number of aryl methyl sites for hydroxylation is 1. The van der Waals surface area contributed by atoms with Gasteiger partial charge in [0, 0.05) is 13.0 Å². The molecule has 0 aliphatic rings. The molecular formula is C12H12NO2+. The lowest BCUT2D eigenvalue weighted by atomic mass is 10.2. The number of carbonyl (C=O) groups excluding carboxylic acids is 1. The minimum absolute atomic E-state index is 0.300. The van der Waals surface area contributed by atoms with Crippen LogP contribution in [-0.2, 0) is 11.8 Å². The second-order valence-electron chi connectivity index (χ2n) is 3.41. The lowest BCUT2D eigenvalue weighted by molar-refractivity contribution is -0.645. The molecule has 1 heterocycles. The molecule has 0 unspecified atom stereocenters. The quantitative estimate of drug-likeness (QED) is 0.399. The highest BCUT2D eigenvalue weighted by molar-refractivity contribution is 5.84. The zero-order chi connectivity index (χ0) is 10.8. The Morgan fingerprint density at radius 3 is 2.73 bits per heavy atom. The zero-order valence-electron chi connectivity index (χ0n) is 8.73. The van der Waals surface area contributed by atoms with Crippen LogP contribution >= 0.6 is 0 Å². The van der Waals surface area contributed by atoms with E-state index in [1.54, 1.807) is 6.07 Å². The van der Waals surface area contributed by atoms with Crippen molar-refractivity contribution in [3.63, 3.8) is 0 Å². The summed E-state index contributed by atoms with van der Waals surface area (Å²) in [4.78, 5) is 10.9. The first-order valence-electron chi connectivity index (χ1n) is 4.74. The molecule has 0 aliphatic heterocycles. The van der Waals surface area contributed by atoms with Crippen molar-refractivity contribution in [2.45, 2.75) is 6.92 Å². The summed E-state index contributed by atoms with van der Waals surface area (Å²) < 4.78 is 7.09. The molecule has 76 valence electrons. The number of pyridine rings is 1. The Hall–Kier alpha value is -1.90. The standard InChI is InChI=1S/C12H12NO2/c1-9(14)15-11-7-3-5-10-6-4-8-13(2)12(10)11/h3-8H,1-2H3/q+1. The van der Waals surface area contributed by atoms with E-state index in [4.69, 9.17) is 4.74 Å². The smallest absolute Gasteiger partial charge is 0.308 e. The van der Waals surface area contributed by atoms with Gasteiger partial charge < -0.3 is 4.74 Å². The Balaban J connectivity index is 2.68.